The molecule has 0 saturated carbocycles. The Hall–Kier alpha value is -2.09. The van der Waals surface area contributed by atoms with Gasteiger partial charge in [0.25, 0.3) is 0 Å². The maximum atomic E-state index is 12.2. The number of carboxylic acids is 1. The topological polar surface area (TPSA) is 95.9 Å². The van der Waals surface area contributed by atoms with Crippen LogP contribution in [0, 0.1) is 0 Å². The Kier molecular flexibility index (Phi) is 5.59. The molecule has 0 fully saturated rings. The van der Waals surface area contributed by atoms with Crippen LogP contribution >= 0.6 is 11.3 Å². The molecule has 0 atom stereocenters. The van der Waals surface area contributed by atoms with Gasteiger partial charge in [-0.05, 0) is 31.2 Å². The summed E-state index contributed by atoms with van der Waals surface area (Å²) in [6, 6.07) is -0.435. The number of carbonyl (C=O) groups excluding carboxylic acids is 2. The highest BCUT2D eigenvalue weighted by Gasteiger charge is 2.27. The third-order valence-electron chi connectivity index (χ3n) is 3.79. The zero-order chi connectivity index (χ0) is 17.0. The van der Waals surface area contributed by atoms with Gasteiger partial charge in [-0.2, -0.15) is 0 Å². The number of fused-ring (bicyclic) bond motifs is 1. The number of amides is 2. The number of nitrogens with zero attached hydrogens (tertiary/aromatic N) is 1. The van der Waals surface area contributed by atoms with Gasteiger partial charge in [0.1, 0.15) is 5.00 Å². The number of aliphatic carboxylic acids is 1. The molecular formula is C15H20N2O5S. The highest BCUT2D eigenvalue weighted by atomic mass is 32.1. The maximum Gasteiger partial charge on any atom is 0.341 e. The molecule has 23 heavy (non-hydrogen) atoms. The third kappa shape index (κ3) is 4.01. The SMILES string of the molecule is COC(=O)c1c(NC(=O)N(C)CCC(=O)O)sc2c1CCCC2. The van der Waals surface area contributed by atoms with Gasteiger partial charge in [0.15, 0.2) is 0 Å². The van der Waals surface area contributed by atoms with Gasteiger partial charge in [-0.25, -0.2) is 9.59 Å². The molecule has 0 bridgehead atoms. The lowest BCUT2D eigenvalue weighted by Crippen LogP contribution is -2.33. The van der Waals surface area contributed by atoms with Gasteiger partial charge in [0.05, 0.1) is 19.1 Å². The average Bonchev–Trinajstić information content (AvgIpc) is 2.89. The molecule has 1 aliphatic carbocycles. The lowest BCUT2D eigenvalue weighted by atomic mass is 9.95. The Morgan fingerprint density at radius 3 is 2.65 bits per heavy atom. The van der Waals surface area contributed by atoms with Crippen molar-refractivity contribution in [1.82, 2.24) is 4.90 Å². The van der Waals surface area contributed by atoms with Crippen molar-refractivity contribution in [3.8, 4) is 0 Å². The van der Waals surface area contributed by atoms with E-state index in [0.717, 1.165) is 36.1 Å². The van der Waals surface area contributed by atoms with E-state index in [1.54, 1.807) is 0 Å². The Morgan fingerprint density at radius 1 is 1.30 bits per heavy atom. The van der Waals surface area contributed by atoms with Crippen LogP contribution in [0.3, 0.4) is 0 Å². The average molecular weight is 340 g/mol. The molecule has 2 N–H and O–H groups in total. The molecule has 0 saturated heterocycles. The molecule has 0 spiro atoms. The molecule has 1 aliphatic rings. The van der Waals surface area contributed by atoms with Gasteiger partial charge >= 0.3 is 18.0 Å². The number of urea groups is 1. The van der Waals surface area contributed by atoms with Crippen molar-refractivity contribution in [2.24, 2.45) is 0 Å². The number of esters is 1. The second-order valence-electron chi connectivity index (χ2n) is 5.40. The van der Waals surface area contributed by atoms with Crippen molar-refractivity contribution in [1.29, 1.82) is 0 Å². The van der Waals surface area contributed by atoms with Crippen molar-refractivity contribution in [3.63, 3.8) is 0 Å². The first-order valence-electron chi connectivity index (χ1n) is 7.40. The molecule has 1 aromatic heterocycles. The molecule has 7 nitrogen and oxygen atoms in total. The quantitative estimate of drug-likeness (QED) is 0.802. The first kappa shape index (κ1) is 17.3. The highest BCUT2D eigenvalue weighted by molar-refractivity contribution is 7.17. The summed E-state index contributed by atoms with van der Waals surface area (Å²) in [5.41, 5.74) is 1.41. The summed E-state index contributed by atoms with van der Waals surface area (Å²) in [4.78, 5) is 37.2. The number of aryl methyl sites for hydroxylation is 1. The summed E-state index contributed by atoms with van der Waals surface area (Å²) >= 11 is 1.40. The number of carboxylic acid groups (broad SMARTS) is 1. The number of methoxy groups -OCH3 is 1. The molecule has 8 heteroatoms. The summed E-state index contributed by atoms with van der Waals surface area (Å²) in [6.45, 7) is 0.0970. The van der Waals surface area contributed by atoms with E-state index in [9.17, 15) is 14.4 Å². The van der Waals surface area contributed by atoms with Crippen LogP contribution in [-0.2, 0) is 22.4 Å². The van der Waals surface area contributed by atoms with Crippen LogP contribution in [0.5, 0.6) is 0 Å². The van der Waals surface area contributed by atoms with Gasteiger partial charge in [-0.3, -0.25) is 10.1 Å². The molecule has 126 valence electrons. The zero-order valence-electron chi connectivity index (χ0n) is 13.2. The number of hydrogen-bond acceptors (Lipinski definition) is 5. The zero-order valence-corrected chi connectivity index (χ0v) is 14.0. The molecule has 0 unspecified atom stereocenters. The van der Waals surface area contributed by atoms with Crippen molar-refractivity contribution in [2.45, 2.75) is 32.1 Å². The van der Waals surface area contributed by atoms with Crippen molar-refractivity contribution in [3.05, 3.63) is 16.0 Å². The first-order valence-corrected chi connectivity index (χ1v) is 8.22. The number of thiophene rings is 1. The minimum Gasteiger partial charge on any atom is -0.481 e. The second kappa shape index (κ2) is 7.45. The molecule has 1 aromatic rings. The van der Waals surface area contributed by atoms with Crippen molar-refractivity contribution < 1.29 is 24.2 Å². The van der Waals surface area contributed by atoms with E-state index in [4.69, 9.17) is 9.84 Å². The number of ether oxygens (including phenoxy) is 1. The fourth-order valence-corrected chi connectivity index (χ4v) is 3.80. The van der Waals surface area contributed by atoms with Crippen LogP contribution < -0.4 is 5.32 Å². The molecule has 2 rings (SSSR count). The van der Waals surface area contributed by atoms with E-state index < -0.39 is 18.0 Å². The first-order chi connectivity index (χ1) is 10.9. The van der Waals surface area contributed by atoms with Gasteiger partial charge in [0.2, 0.25) is 0 Å². The lowest BCUT2D eigenvalue weighted by molar-refractivity contribution is -0.137. The Morgan fingerprint density at radius 2 is 2.00 bits per heavy atom. The van der Waals surface area contributed by atoms with Crippen LogP contribution in [0.2, 0.25) is 0 Å². The smallest absolute Gasteiger partial charge is 0.341 e. The van der Waals surface area contributed by atoms with Gasteiger partial charge < -0.3 is 14.7 Å². The molecular weight excluding hydrogens is 320 g/mol. The van der Waals surface area contributed by atoms with E-state index in [1.807, 2.05) is 0 Å². The Balaban J connectivity index is 2.18. The fraction of sp³-hybridized carbons (Fsp3) is 0.533. The van der Waals surface area contributed by atoms with Crippen LogP contribution in [0.25, 0.3) is 0 Å². The number of nitrogens with one attached hydrogen (secondary N) is 1. The molecule has 0 aliphatic heterocycles. The molecule has 0 radical (unpaired) electrons. The van der Waals surface area contributed by atoms with Crippen LogP contribution in [0.4, 0.5) is 9.80 Å². The molecule has 0 aromatic carbocycles. The van der Waals surface area contributed by atoms with Crippen LogP contribution in [0.15, 0.2) is 0 Å². The minimum atomic E-state index is -0.966. The second-order valence-corrected chi connectivity index (χ2v) is 6.51. The standard InChI is InChI=1S/C15H20N2O5S/c1-17(8-7-11(18)19)15(21)16-13-12(14(20)22-2)9-5-3-4-6-10(9)23-13/h3-8H2,1-2H3,(H,16,21)(H,18,19). The predicted molar refractivity (Wildman–Crippen MR) is 86.2 cm³/mol. The number of rotatable bonds is 5. The highest BCUT2D eigenvalue weighted by Crippen LogP contribution is 2.38. The van der Waals surface area contributed by atoms with Crippen molar-refractivity contribution >= 4 is 34.3 Å². The van der Waals surface area contributed by atoms with E-state index in [0.29, 0.717) is 10.6 Å². The maximum absolute atomic E-state index is 12.2. The number of hydrogen-bond donors (Lipinski definition) is 2. The summed E-state index contributed by atoms with van der Waals surface area (Å²) < 4.78 is 4.85. The number of carbonyl (C=O) groups is 3. The van der Waals surface area contributed by atoms with Gasteiger partial charge in [-0.15, -0.1) is 11.3 Å². The monoisotopic (exact) mass is 340 g/mol. The fourth-order valence-electron chi connectivity index (χ4n) is 2.53. The summed E-state index contributed by atoms with van der Waals surface area (Å²) in [6.07, 6.45) is 3.66. The van der Waals surface area contributed by atoms with Crippen molar-refractivity contribution in [2.75, 3.05) is 26.0 Å². The number of anilines is 1. The summed E-state index contributed by atoms with van der Waals surface area (Å²) in [7, 11) is 2.84. The van der Waals surface area contributed by atoms with Gasteiger partial charge in [-0.1, -0.05) is 0 Å². The van der Waals surface area contributed by atoms with E-state index in [2.05, 4.69) is 5.32 Å². The van der Waals surface area contributed by atoms with Gasteiger partial charge in [0, 0.05) is 18.5 Å². The predicted octanol–water partition coefficient (Wildman–Crippen LogP) is 2.35. The van der Waals surface area contributed by atoms with E-state index in [1.165, 1.54) is 30.4 Å². The largest absolute Gasteiger partial charge is 0.481 e. The third-order valence-corrected chi connectivity index (χ3v) is 5.00. The van der Waals surface area contributed by atoms with Crippen LogP contribution in [0.1, 0.15) is 40.1 Å². The Bertz CT molecular complexity index is 626. The minimum absolute atomic E-state index is 0.0970. The normalized spacial score (nSPS) is 13.1. The van der Waals surface area contributed by atoms with E-state index in [-0.39, 0.29) is 13.0 Å². The Labute approximate surface area is 138 Å². The summed E-state index contributed by atoms with van der Waals surface area (Å²) in [5.74, 6) is -1.42. The molecule has 1 heterocycles. The lowest BCUT2D eigenvalue weighted by Gasteiger charge is -2.17. The summed E-state index contributed by atoms with van der Waals surface area (Å²) in [5, 5.41) is 11.9. The van der Waals surface area contributed by atoms with Crippen LogP contribution in [-0.4, -0.2) is 48.7 Å². The molecule has 2 amide bonds. The van der Waals surface area contributed by atoms with E-state index >= 15 is 0 Å².